The second kappa shape index (κ2) is 6.14. The van der Waals surface area contributed by atoms with Crippen molar-refractivity contribution in [2.45, 2.75) is 20.0 Å². The van der Waals surface area contributed by atoms with E-state index in [-0.39, 0.29) is 23.3 Å². The van der Waals surface area contributed by atoms with Gasteiger partial charge in [-0.15, -0.1) is 0 Å². The Morgan fingerprint density at radius 3 is 2.65 bits per heavy atom. The first kappa shape index (κ1) is 14.0. The number of carbonyl (C=O) groups is 1. The van der Waals surface area contributed by atoms with Crippen LogP contribution in [0.1, 0.15) is 24.2 Å². The Balaban J connectivity index is 2.23. The molecule has 1 aromatic heterocycles. The summed E-state index contributed by atoms with van der Waals surface area (Å²) in [6.45, 7) is 3.64. The van der Waals surface area contributed by atoms with Gasteiger partial charge in [0.05, 0.1) is 6.10 Å². The van der Waals surface area contributed by atoms with Crippen LogP contribution in [0.2, 0.25) is 0 Å². The summed E-state index contributed by atoms with van der Waals surface area (Å²) in [5, 5.41) is 0. The van der Waals surface area contributed by atoms with Crippen LogP contribution in [0.4, 0.5) is 4.39 Å². The van der Waals surface area contributed by atoms with E-state index in [0.29, 0.717) is 0 Å². The summed E-state index contributed by atoms with van der Waals surface area (Å²) < 4.78 is 23.9. The molecule has 1 aromatic carbocycles. The van der Waals surface area contributed by atoms with Crippen molar-refractivity contribution in [2.24, 2.45) is 0 Å². The molecule has 1 heterocycles. The highest BCUT2D eigenvalue weighted by Gasteiger charge is 2.18. The van der Waals surface area contributed by atoms with Crippen molar-refractivity contribution < 1.29 is 18.7 Å². The van der Waals surface area contributed by atoms with Gasteiger partial charge in [0, 0.05) is 6.20 Å². The molecule has 0 fully saturated rings. The van der Waals surface area contributed by atoms with Gasteiger partial charge in [0.1, 0.15) is 5.56 Å². The third kappa shape index (κ3) is 3.32. The van der Waals surface area contributed by atoms with Crippen LogP contribution in [0.25, 0.3) is 0 Å². The molecule has 5 heteroatoms. The van der Waals surface area contributed by atoms with Crippen LogP contribution in [0, 0.1) is 5.82 Å². The fourth-order valence-electron chi connectivity index (χ4n) is 1.55. The minimum absolute atomic E-state index is 0.128. The number of hydrogen-bond acceptors (Lipinski definition) is 4. The summed E-state index contributed by atoms with van der Waals surface area (Å²) >= 11 is 0. The van der Waals surface area contributed by atoms with E-state index in [1.165, 1.54) is 30.5 Å². The zero-order valence-corrected chi connectivity index (χ0v) is 11.2. The standard InChI is InChI=1S/C15H14FNO3/c1-10(2)19-14-11(6-5-9-17-14)15(18)20-13-8-4-3-7-12(13)16/h3-10H,1-2H3. The highest BCUT2D eigenvalue weighted by molar-refractivity contribution is 5.93. The monoisotopic (exact) mass is 275 g/mol. The van der Waals surface area contributed by atoms with E-state index in [0.717, 1.165) is 0 Å². The average Bonchev–Trinajstić information content (AvgIpc) is 2.41. The van der Waals surface area contributed by atoms with Crippen molar-refractivity contribution >= 4 is 5.97 Å². The van der Waals surface area contributed by atoms with E-state index in [4.69, 9.17) is 9.47 Å². The van der Waals surface area contributed by atoms with Gasteiger partial charge in [-0.1, -0.05) is 12.1 Å². The van der Waals surface area contributed by atoms with Gasteiger partial charge in [0.2, 0.25) is 5.88 Å². The number of para-hydroxylation sites is 1. The average molecular weight is 275 g/mol. The summed E-state index contributed by atoms with van der Waals surface area (Å²) in [5.41, 5.74) is 0.157. The van der Waals surface area contributed by atoms with E-state index in [9.17, 15) is 9.18 Å². The van der Waals surface area contributed by atoms with Gasteiger partial charge in [-0.25, -0.2) is 14.2 Å². The van der Waals surface area contributed by atoms with Crippen LogP contribution < -0.4 is 9.47 Å². The van der Waals surface area contributed by atoms with Gasteiger partial charge in [-0.05, 0) is 38.1 Å². The van der Waals surface area contributed by atoms with Gasteiger partial charge in [-0.3, -0.25) is 0 Å². The largest absolute Gasteiger partial charge is 0.474 e. The minimum Gasteiger partial charge on any atom is -0.474 e. The first-order valence-corrected chi connectivity index (χ1v) is 6.16. The maximum Gasteiger partial charge on any atom is 0.349 e. The van der Waals surface area contributed by atoms with Crippen LogP contribution in [0.3, 0.4) is 0 Å². The van der Waals surface area contributed by atoms with Gasteiger partial charge < -0.3 is 9.47 Å². The van der Waals surface area contributed by atoms with Crippen LogP contribution in [-0.2, 0) is 0 Å². The van der Waals surface area contributed by atoms with E-state index >= 15 is 0 Å². The molecule has 0 bridgehead atoms. The highest BCUT2D eigenvalue weighted by atomic mass is 19.1. The summed E-state index contributed by atoms with van der Waals surface area (Å²) in [6, 6.07) is 8.81. The number of rotatable bonds is 4. The Morgan fingerprint density at radius 1 is 1.20 bits per heavy atom. The first-order valence-electron chi connectivity index (χ1n) is 6.16. The summed E-state index contributed by atoms with van der Waals surface area (Å²) in [6.07, 6.45) is 1.38. The molecule has 0 saturated heterocycles. The fraction of sp³-hybridized carbons (Fsp3) is 0.200. The van der Waals surface area contributed by atoms with E-state index in [1.807, 2.05) is 13.8 Å². The Kier molecular flexibility index (Phi) is 4.30. The van der Waals surface area contributed by atoms with Crippen molar-refractivity contribution in [2.75, 3.05) is 0 Å². The van der Waals surface area contributed by atoms with Crippen LogP contribution in [-0.4, -0.2) is 17.1 Å². The lowest BCUT2D eigenvalue weighted by Gasteiger charge is -2.12. The Bertz CT molecular complexity index is 614. The molecule has 0 atom stereocenters. The topological polar surface area (TPSA) is 48.4 Å². The summed E-state index contributed by atoms with van der Waals surface area (Å²) in [5.74, 6) is -1.27. The molecular formula is C15H14FNO3. The quantitative estimate of drug-likeness (QED) is 0.635. The van der Waals surface area contributed by atoms with E-state index < -0.39 is 11.8 Å². The number of esters is 1. The third-order valence-electron chi connectivity index (χ3n) is 2.38. The number of nitrogens with zero attached hydrogens (tertiary/aromatic N) is 1. The molecule has 0 saturated carbocycles. The molecule has 0 amide bonds. The zero-order chi connectivity index (χ0) is 14.5. The minimum atomic E-state index is -0.709. The number of aromatic nitrogens is 1. The molecule has 0 unspecified atom stereocenters. The Morgan fingerprint density at radius 2 is 1.95 bits per heavy atom. The van der Waals surface area contributed by atoms with E-state index in [1.54, 1.807) is 12.1 Å². The number of carbonyl (C=O) groups excluding carboxylic acids is 1. The van der Waals surface area contributed by atoms with E-state index in [2.05, 4.69) is 4.98 Å². The molecule has 2 rings (SSSR count). The Labute approximate surface area is 116 Å². The van der Waals surface area contributed by atoms with Gasteiger partial charge in [-0.2, -0.15) is 0 Å². The first-order chi connectivity index (χ1) is 9.58. The summed E-state index contributed by atoms with van der Waals surface area (Å²) in [7, 11) is 0. The molecule has 20 heavy (non-hydrogen) atoms. The van der Waals surface area contributed by atoms with Gasteiger partial charge >= 0.3 is 5.97 Å². The molecule has 0 aliphatic heterocycles. The smallest absolute Gasteiger partial charge is 0.349 e. The lowest BCUT2D eigenvalue weighted by atomic mass is 10.2. The maximum absolute atomic E-state index is 13.5. The third-order valence-corrected chi connectivity index (χ3v) is 2.38. The normalized spacial score (nSPS) is 10.4. The lowest BCUT2D eigenvalue weighted by Crippen LogP contribution is -2.15. The molecule has 4 nitrogen and oxygen atoms in total. The second-order valence-electron chi connectivity index (χ2n) is 4.34. The number of benzene rings is 1. The van der Waals surface area contributed by atoms with Crippen LogP contribution >= 0.6 is 0 Å². The predicted octanol–water partition coefficient (Wildman–Crippen LogP) is 3.23. The summed E-state index contributed by atoms with van der Waals surface area (Å²) in [4.78, 5) is 16.0. The molecule has 2 aromatic rings. The predicted molar refractivity (Wildman–Crippen MR) is 71.4 cm³/mol. The fourth-order valence-corrected chi connectivity index (χ4v) is 1.55. The van der Waals surface area contributed by atoms with Crippen molar-refractivity contribution in [3.05, 3.63) is 54.0 Å². The number of hydrogen-bond donors (Lipinski definition) is 0. The highest BCUT2D eigenvalue weighted by Crippen LogP contribution is 2.21. The van der Waals surface area contributed by atoms with Crippen LogP contribution in [0.5, 0.6) is 11.6 Å². The number of halogens is 1. The lowest BCUT2D eigenvalue weighted by molar-refractivity contribution is 0.0720. The second-order valence-corrected chi connectivity index (χ2v) is 4.34. The molecule has 0 spiro atoms. The molecule has 0 aliphatic rings. The van der Waals surface area contributed by atoms with Crippen LogP contribution in [0.15, 0.2) is 42.6 Å². The molecule has 0 aliphatic carbocycles. The van der Waals surface area contributed by atoms with Crippen molar-refractivity contribution in [1.82, 2.24) is 4.98 Å². The van der Waals surface area contributed by atoms with Gasteiger partial charge in [0.25, 0.3) is 0 Å². The van der Waals surface area contributed by atoms with Gasteiger partial charge in [0.15, 0.2) is 11.6 Å². The Hall–Kier alpha value is -2.43. The van der Waals surface area contributed by atoms with Crippen molar-refractivity contribution in [3.8, 4) is 11.6 Å². The zero-order valence-electron chi connectivity index (χ0n) is 11.2. The molecule has 0 N–H and O–H groups in total. The number of ether oxygens (including phenoxy) is 2. The SMILES string of the molecule is CC(C)Oc1ncccc1C(=O)Oc1ccccc1F. The van der Waals surface area contributed by atoms with Crippen molar-refractivity contribution in [3.63, 3.8) is 0 Å². The number of pyridine rings is 1. The molecular weight excluding hydrogens is 261 g/mol. The molecule has 104 valence electrons. The van der Waals surface area contributed by atoms with Crippen molar-refractivity contribution in [1.29, 1.82) is 0 Å². The molecule has 0 radical (unpaired) electrons. The maximum atomic E-state index is 13.5.